The third-order valence-corrected chi connectivity index (χ3v) is 12.3. The van der Waals surface area contributed by atoms with E-state index in [1.807, 2.05) is 121 Å². The maximum absolute atomic E-state index is 15.2. The van der Waals surface area contributed by atoms with Gasteiger partial charge in [-0.1, -0.05) is 103 Å². The van der Waals surface area contributed by atoms with Gasteiger partial charge in [0, 0.05) is 52.9 Å². The third kappa shape index (κ3) is 6.18. The number of fused-ring (bicyclic) bond motifs is 2. The normalized spacial score (nSPS) is 17.8. The summed E-state index contributed by atoms with van der Waals surface area (Å²) in [5.74, 6) is 1.64. The lowest BCUT2D eigenvalue weighted by atomic mass is 9.75. The number of hydrogen-bond donors (Lipinski definition) is 1. The molecular weight excluding hydrogens is 745 g/mol. The van der Waals surface area contributed by atoms with Crippen LogP contribution in [0.15, 0.2) is 152 Å². The fourth-order valence-electron chi connectivity index (χ4n) is 9.12. The van der Waals surface area contributed by atoms with E-state index in [2.05, 4.69) is 57.9 Å². The Balaban J connectivity index is 0.916. The summed E-state index contributed by atoms with van der Waals surface area (Å²) >= 11 is 0. The second-order valence-corrected chi connectivity index (χ2v) is 16.3. The molecule has 11 rings (SSSR count). The van der Waals surface area contributed by atoms with Gasteiger partial charge in [0.25, 0.3) is 5.91 Å². The Bertz CT molecular complexity index is 2830. The van der Waals surface area contributed by atoms with Crippen molar-refractivity contribution in [1.82, 2.24) is 29.2 Å². The molecule has 3 aliphatic rings. The van der Waals surface area contributed by atoms with Gasteiger partial charge in [-0.3, -0.25) is 14.7 Å². The number of aromatic nitrogens is 5. The summed E-state index contributed by atoms with van der Waals surface area (Å²) in [6.45, 7) is 2.35. The average Bonchev–Trinajstić information content (AvgIpc) is 4.22. The smallest absolute Gasteiger partial charge is 0.333 e. The maximum atomic E-state index is 15.2. The van der Waals surface area contributed by atoms with Crippen molar-refractivity contribution in [3.8, 4) is 0 Å². The molecule has 2 aliphatic carbocycles. The number of anilines is 2. The quantitative estimate of drug-likeness (QED) is 0.103. The summed E-state index contributed by atoms with van der Waals surface area (Å²) in [7, 11) is 0. The fourth-order valence-corrected chi connectivity index (χ4v) is 9.12. The molecular formula is C50H42N8O2. The van der Waals surface area contributed by atoms with Gasteiger partial charge in [0.05, 0.1) is 23.4 Å². The van der Waals surface area contributed by atoms with Gasteiger partial charge in [0.2, 0.25) is 0 Å². The van der Waals surface area contributed by atoms with Crippen molar-refractivity contribution in [3.05, 3.63) is 197 Å². The van der Waals surface area contributed by atoms with E-state index in [-0.39, 0.29) is 18.5 Å². The van der Waals surface area contributed by atoms with E-state index in [0.29, 0.717) is 35.6 Å². The van der Waals surface area contributed by atoms with Gasteiger partial charge in [0.1, 0.15) is 17.9 Å². The highest BCUT2D eigenvalue weighted by Crippen LogP contribution is 2.53. The largest absolute Gasteiger partial charge is 0.379 e. The highest BCUT2D eigenvalue weighted by atomic mass is 16.2. The summed E-state index contributed by atoms with van der Waals surface area (Å²) in [6, 6.07) is 43.7. The van der Waals surface area contributed by atoms with Gasteiger partial charge < -0.3 is 9.72 Å². The summed E-state index contributed by atoms with van der Waals surface area (Å²) in [4.78, 5) is 52.3. The Hall–Kier alpha value is -7.20. The van der Waals surface area contributed by atoms with E-state index in [0.717, 1.165) is 81.0 Å². The first kappa shape index (κ1) is 35.9. The Labute approximate surface area is 347 Å². The lowest BCUT2D eigenvalue weighted by Gasteiger charge is -2.42. The van der Waals surface area contributed by atoms with E-state index < -0.39 is 5.54 Å². The molecule has 4 aromatic heterocycles. The molecule has 0 radical (unpaired) electrons. The molecule has 0 bridgehead atoms. The van der Waals surface area contributed by atoms with Gasteiger partial charge in [-0.05, 0) is 84.7 Å². The van der Waals surface area contributed by atoms with Gasteiger partial charge in [-0.2, -0.15) is 0 Å². The van der Waals surface area contributed by atoms with Crippen LogP contribution in [-0.4, -0.2) is 47.7 Å². The number of aryl methyl sites for hydroxylation is 1. The van der Waals surface area contributed by atoms with Crippen LogP contribution in [0, 0.1) is 6.92 Å². The molecule has 10 nitrogen and oxygen atoms in total. The zero-order valence-electron chi connectivity index (χ0n) is 33.1. The van der Waals surface area contributed by atoms with Gasteiger partial charge in [-0.25, -0.2) is 24.6 Å². The first-order valence-corrected chi connectivity index (χ1v) is 20.7. The number of imide groups is 1. The Morgan fingerprint density at radius 2 is 1.42 bits per heavy atom. The zero-order valence-corrected chi connectivity index (χ0v) is 33.1. The molecule has 1 saturated heterocycles. The molecule has 10 heteroatoms. The van der Waals surface area contributed by atoms with Crippen LogP contribution in [-0.2, 0) is 16.9 Å². The predicted octanol–water partition coefficient (Wildman–Crippen LogP) is 9.50. The fraction of sp³-hybridized carbons (Fsp3) is 0.200. The number of urea groups is 1. The Morgan fingerprint density at radius 1 is 0.733 bits per heavy atom. The second-order valence-electron chi connectivity index (χ2n) is 16.3. The average molecular weight is 787 g/mol. The molecule has 294 valence electrons. The van der Waals surface area contributed by atoms with Gasteiger partial charge in [0.15, 0.2) is 5.65 Å². The van der Waals surface area contributed by atoms with Crippen LogP contribution in [0.4, 0.5) is 16.2 Å². The molecule has 2 saturated carbocycles. The van der Waals surface area contributed by atoms with Crippen LogP contribution in [0.1, 0.15) is 82.2 Å². The van der Waals surface area contributed by atoms with E-state index in [1.54, 1.807) is 4.90 Å². The number of rotatable bonds is 11. The van der Waals surface area contributed by atoms with Crippen molar-refractivity contribution in [2.24, 2.45) is 0 Å². The van der Waals surface area contributed by atoms with Crippen molar-refractivity contribution in [2.45, 2.75) is 56.0 Å². The van der Waals surface area contributed by atoms with E-state index in [4.69, 9.17) is 9.97 Å². The minimum Gasteiger partial charge on any atom is -0.379 e. The third-order valence-electron chi connectivity index (χ3n) is 12.3. The first-order valence-electron chi connectivity index (χ1n) is 20.7. The number of nitrogens with zero attached hydrogens (tertiary/aromatic N) is 7. The predicted molar refractivity (Wildman–Crippen MR) is 232 cm³/mol. The number of benzene rings is 4. The second kappa shape index (κ2) is 14.3. The van der Waals surface area contributed by atoms with Gasteiger partial charge in [-0.15, -0.1) is 0 Å². The summed E-state index contributed by atoms with van der Waals surface area (Å²) < 4.78 is 2.03. The Morgan fingerprint density at radius 3 is 2.08 bits per heavy atom. The minimum atomic E-state index is -1.22. The molecule has 1 N–H and O–H groups in total. The molecule has 4 aromatic carbocycles. The number of carbonyl (C=O) groups is 2. The summed E-state index contributed by atoms with van der Waals surface area (Å²) in [6.07, 6.45) is 9.17. The number of amides is 3. The lowest BCUT2D eigenvalue weighted by molar-refractivity contribution is -0.127. The molecule has 60 heavy (non-hydrogen) atoms. The van der Waals surface area contributed by atoms with Crippen LogP contribution < -0.4 is 10.2 Å². The highest BCUT2D eigenvalue weighted by Gasteiger charge is 2.53. The van der Waals surface area contributed by atoms with Crippen molar-refractivity contribution in [2.75, 3.05) is 16.8 Å². The van der Waals surface area contributed by atoms with Crippen LogP contribution in [0.3, 0.4) is 0 Å². The van der Waals surface area contributed by atoms with E-state index >= 15 is 4.79 Å². The van der Waals surface area contributed by atoms with Crippen molar-refractivity contribution < 1.29 is 9.59 Å². The molecule has 3 fully saturated rings. The van der Waals surface area contributed by atoms with Crippen LogP contribution in [0.25, 0.3) is 16.6 Å². The summed E-state index contributed by atoms with van der Waals surface area (Å²) in [5, 5.41) is 4.65. The van der Waals surface area contributed by atoms with E-state index in [9.17, 15) is 4.79 Å². The minimum absolute atomic E-state index is 0.108. The lowest BCUT2D eigenvalue weighted by Crippen LogP contribution is -2.52. The SMILES string of the molecule is Cc1ccnc([C@H]2C[C@@H]2c2ccc3ccc(NCc4cn5cc(C6CC6)cc(N6CC(=O)N(C(c7ccccc7)(c7ccccc7)c7ccccc7)C6=O)c5n4)cc3n2)n1. The molecule has 8 aromatic rings. The maximum Gasteiger partial charge on any atom is 0.333 e. The Kier molecular flexibility index (Phi) is 8.54. The van der Waals surface area contributed by atoms with Crippen molar-refractivity contribution in [1.29, 1.82) is 0 Å². The number of imidazole rings is 1. The number of pyridine rings is 2. The van der Waals surface area contributed by atoms with E-state index in [1.165, 1.54) is 4.90 Å². The zero-order chi connectivity index (χ0) is 40.4. The number of carbonyl (C=O) groups excluding carboxylic acids is 2. The monoisotopic (exact) mass is 786 g/mol. The van der Waals surface area contributed by atoms with Crippen LogP contribution >= 0.6 is 0 Å². The standard InChI is InChI=1S/C50H42N8O2/c1-32-23-24-51-47(53-32)42-27-41(42)43-22-20-34-19-21-39(26-44(34)55-43)52-28-40-30-56-29-35(33-17-18-33)25-45(48(56)54-40)57-31-46(59)58(49(57)60)50(36-11-5-2-6-12-36,37-13-7-3-8-14-37)38-15-9-4-10-16-38/h2-16,19-26,29-30,33,41-42,52H,17-18,27-28,31H2,1H3/t41-,42-/m0/s1. The molecule has 0 spiro atoms. The van der Waals surface area contributed by atoms with Crippen LogP contribution in [0.2, 0.25) is 0 Å². The highest BCUT2D eigenvalue weighted by molar-refractivity contribution is 6.15. The topological polar surface area (TPSA) is 109 Å². The molecule has 0 unspecified atom stereocenters. The molecule has 3 amide bonds. The first-order chi connectivity index (χ1) is 29.4. The number of nitrogens with one attached hydrogen (secondary N) is 1. The van der Waals surface area contributed by atoms with Crippen molar-refractivity contribution in [3.63, 3.8) is 0 Å². The van der Waals surface area contributed by atoms with Crippen LogP contribution in [0.5, 0.6) is 0 Å². The van der Waals surface area contributed by atoms with Gasteiger partial charge >= 0.3 is 6.03 Å². The van der Waals surface area contributed by atoms with Crippen molar-refractivity contribution >= 4 is 39.9 Å². The molecule has 1 aliphatic heterocycles. The molecule has 5 heterocycles. The summed E-state index contributed by atoms with van der Waals surface area (Å²) in [5.41, 5.74) is 8.38. The number of hydrogen-bond acceptors (Lipinski definition) is 7. The molecule has 2 atom stereocenters.